The average molecular weight is 376 g/mol. The lowest BCUT2D eigenvalue weighted by atomic mass is 10.1. The van der Waals surface area contributed by atoms with Crippen molar-refractivity contribution in [2.24, 2.45) is 0 Å². The van der Waals surface area contributed by atoms with Gasteiger partial charge in [0.05, 0.1) is 29.7 Å². The summed E-state index contributed by atoms with van der Waals surface area (Å²) in [6.45, 7) is 1.96. The van der Waals surface area contributed by atoms with Gasteiger partial charge in [0, 0.05) is 12.7 Å². The third-order valence-corrected chi connectivity index (χ3v) is 4.81. The summed E-state index contributed by atoms with van der Waals surface area (Å²) >= 11 is 0. The van der Waals surface area contributed by atoms with Gasteiger partial charge in [-0.1, -0.05) is 18.2 Å². The Morgan fingerprint density at radius 1 is 1.12 bits per heavy atom. The summed E-state index contributed by atoms with van der Waals surface area (Å²) in [5, 5.41) is 2.67. The van der Waals surface area contributed by atoms with Crippen LogP contribution in [0.25, 0.3) is 0 Å². The molecule has 0 aliphatic rings. The molecule has 0 atom stereocenters. The van der Waals surface area contributed by atoms with Crippen molar-refractivity contribution in [1.82, 2.24) is 0 Å². The molecule has 0 aliphatic heterocycles. The molecule has 0 aliphatic carbocycles. The molecule has 2 aromatic carbocycles. The lowest BCUT2D eigenvalue weighted by Crippen LogP contribution is -2.27. The van der Waals surface area contributed by atoms with Gasteiger partial charge in [0.15, 0.2) is 0 Å². The van der Waals surface area contributed by atoms with Gasteiger partial charge in [-0.15, -0.1) is 0 Å². The van der Waals surface area contributed by atoms with E-state index in [0.717, 1.165) is 10.6 Å². The minimum atomic E-state index is -3.52. The molecule has 0 heterocycles. The van der Waals surface area contributed by atoms with Crippen LogP contribution >= 0.6 is 0 Å². The number of nitrogens with zero attached hydrogens (tertiary/aromatic N) is 1. The molecule has 1 N–H and O–H groups in total. The summed E-state index contributed by atoms with van der Waals surface area (Å²) in [7, 11) is -2.14. The second-order valence-electron chi connectivity index (χ2n) is 5.50. The minimum Gasteiger partial charge on any atom is -0.462 e. The Morgan fingerprint density at radius 2 is 1.81 bits per heavy atom. The molecule has 0 spiro atoms. The lowest BCUT2D eigenvalue weighted by molar-refractivity contribution is 0.0526. The number of esters is 1. The molecule has 1 amide bonds. The molecule has 0 fully saturated rings. The fourth-order valence-corrected chi connectivity index (χ4v) is 2.77. The first-order valence-electron chi connectivity index (χ1n) is 7.85. The fraction of sp³-hybridized carbons (Fsp3) is 0.222. The predicted molar refractivity (Wildman–Crippen MR) is 100 cm³/mol. The molecule has 0 aromatic heterocycles. The fourth-order valence-electron chi connectivity index (χ4n) is 2.26. The van der Waals surface area contributed by atoms with E-state index in [1.54, 1.807) is 43.3 Å². The standard InChI is InChI=1S/C18H20N2O5S/c1-4-25-18(22)13-8-7-9-14(12-13)19-17(21)15-10-5-6-11-16(15)20(2)26(3,23)24/h5-12H,4H2,1-3H3,(H,19,21). The first-order valence-corrected chi connectivity index (χ1v) is 9.70. The molecule has 138 valence electrons. The van der Waals surface area contributed by atoms with E-state index in [1.165, 1.54) is 19.2 Å². The first-order chi connectivity index (χ1) is 12.2. The topological polar surface area (TPSA) is 92.8 Å². The van der Waals surface area contributed by atoms with Crippen molar-refractivity contribution in [3.63, 3.8) is 0 Å². The average Bonchev–Trinajstić information content (AvgIpc) is 2.60. The van der Waals surface area contributed by atoms with Crippen molar-refractivity contribution in [3.8, 4) is 0 Å². The van der Waals surface area contributed by atoms with Gasteiger partial charge >= 0.3 is 5.97 Å². The van der Waals surface area contributed by atoms with Crippen LogP contribution in [0.3, 0.4) is 0 Å². The Morgan fingerprint density at radius 3 is 2.46 bits per heavy atom. The first kappa shape index (κ1) is 19.5. The zero-order valence-corrected chi connectivity index (χ0v) is 15.5. The largest absolute Gasteiger partial charge is 0.462 e. The van der Waals surface area contributed by atoms with E-state index >= 15 is 0 Å². The van der Waals surface area contributed by atoms with Gasteiger partial charge in [-0.3, -0.25) is 9.10 Å². The molecule has 0 saturated carbocycles. The van der Waals surface area contributed by atoms with Crippen LogP contribution in [-0.2, 0) is 14.8 Å². The SMILES string of the molecule is CCOC(=O)c1cccc(NC(=O)c2ccccc2N(C)S(C)(=O)=O)c1. The van der Waals surface area contributed by atoms with Crippen LogP contribution in [0, 0.1) is 0 Å². The maximum atomic E-state index is 12.6. The highest BCUT2D eigenvalue weighted by molar-refractivity contribution is 7.92. The summed E-state index contributed by atoms with van der Waals surface area (Å²) in [4.78, 5) is 24.4. The van der Waals surface area contributed by atoms with Crippen molar-refractivity contribution in [3.05, 3.63) is 59.7 Å². The monoisotopic (exact) mass is 376 g/mol. The van der Waals surface area contributed by atoms with E-state index in [1.807, 2.05) is 0 Å². The van der Waals surface area contributed by atoms with Crippen LogP contribution in [0.2, 0.25) is 0 Å². The number of sulfonamides is 1. The molecule has 0 unspecified atom stereocenters. The Balaban J connectivity index is 2.29. The third kappa shape index (κ3) is 4.60. The quantitative estimate of drug-likeness (QED) is 0.782. The van der Waals surface area contributed by atoms with Crippen LogP contribution in [0.1, 0.15) is 27.6 Å². The molecule has 0 bridgehead atoms. The Bertz CT molecular complexity index is 925. The van der Waals surface area contributed by atoms with E-state index in [2.05, 4.69) is 5.32 Å². The Kier molecular flexibility index (Phi) is 5.99. The zero-order valence-electron chi connectivity index (χ0n) is 14.7. The number of benzene rings is 2. The van der Waals surface area contributed by atoms with Crippen LogP contribution in [-0.4, -0.2) is 40.2 Å². The Labute approximate surface area is 152 Å². The number of carbonyl (C=O) groups is 2. The second-order valence-corrected chi connectivity index (χ2v) is 7.52. The molecule has 0 saturated heterocycles. The van der Waals surface area contributed by atoms with Crippen LogP contribution in [0.5, 0.6) is 0 Å². The van der Waals surface area contributed by atoms with Gasteiger partial charge in [-0.05, 0) is 37.3 Å². The smallest absolute Gasteiger partial charge is 0.338 e. The number of hydrogen-bond donors (Lipinski definition) is 1. The summed E-state index contributed by atoms with van der Waals surface area (Å²) in [5.41, 5.74) is 1.17. The highest BCUT2D eigenvalue weighted by Gasteiger charge is 2.19. The molecule has 26 heavy (non-hydrogen) atoms. The maximum Gasteiger partial charge on any atom is 0.338 e. The summed E-state index contributed by atoms with van der Waals surface area (Å²) < 4.78 is 29.6. The highest BCUT2D eigenvalue weighted by Crippen LogP contribution is 2.23. The number of para-hydroxylation sites is 1. The molecule has 7 nitrogen and oxygen atoms in total. The number of ether oxygens (including phenoxy) is 1. The van der Waals surface area contributed by atoms with E-state index < -0.39 is 21.9 Å². The van der Waals surface area contributed by atoms with Gasteiger partial charge in [0.1, 0.15) is 0 Å². The summed E-state index contributed by atoms with van der Waals surface area (Å²) in [5.74, 6) is -0.974. The van der Waals surface area contributed by atoms with Gasteiger partial charge in [-0.25, -0.2) is 13.2 Å². The van der Waals surface area contributed by atoms with E-state index in [0.29, 0.717) is 11.3 Å². The zero-order chi connectivity index (χ0) is 19.3. The van der Waals surface area contributed by atoms with Crippen LogP contribution < -0.4 is 9.62 Å². The van der Waals surface area contributed by atoms with Crippen molar-refractivity contribution in [1.29, 1.82) is 0 Å². The number of amides is 1. The molecular formula is C18H20N2O5S. The van der Waals surface area contributed by atoms with Crippen LogP contribution in [0.15, 0.2) is 48.5 Å². The number of nitrogens with one attached hydrogen (secondary N) is 1. The van der Waals surface area contributed by atoms with E-state index in [9.17, 15) is 18.0 Å². The third-order valence-electron chi connectivity index (χ3n) is 3.62. The molecule has 8 heteroatoms. The van der Waals surface area contributed by atoms with Gasteiger partial charge in [-0.2, -0.15) is 0 Å². The summed E-state index contributed by atoms with van der Waals surface area (Å²) in [6.07, 6.45) is 1.06. The van der Waals surface area contributed by atoms with E-state index in [-0.39, 0.29) is 17.9 Å². The minimum absolute atomic E-state index is 0.196. The van der Waals surface area contributed by atoms with E-state index in [4.69, 9.17) is 4.74 Å². The van der Waals surface area contributed by atoms with Crippen molar-refractivity contribution >= 4 is 33.3 Å². The predicted octanol–water partition coefficient (Wildman–Crippen LogP) is 2.51. The van der Waals surface area contributed by atoms with Crippen LogP contribution in [0.4, 0.5) is 11.4 Å². The van der Waals surface area contributed by atoms with Crippen molar-refractivity contribution in [2.45, 2.75) is 6.92 Å². The molecular weight excluding hydrogens is 356 g/mol. The maximum absolute atomic E-state index is 12.6. The summed E-state index contributed by atoms with van der Waals surface area (Å²) in [6, 6.07) is 12.7. The van der Waals surface area contributed by atoms with Crippen molar-refractivity contribution in [2.75, 3.05) is 29.5 Å². The van der Waals surface area contributed by atoms with Gasteiger partial charge in [0.25, 0.3) is 5.91 Å². The highest BCUT2D eigenvalue weighted by atomic mass is 32.2. The van der Waals surface area contributed by atoms with Gasteiger partial charge < -0.3 is 10.1 Å². The van der Waals surface area contributed by atoms with Gasteiger partial charge in [0.2, 0.25) is 10.0 Å². The number of anilines is 2. The second kappa shape index (κ2) is 8.01. The number of rotatable bonds is 6. The van der Waals surface area contributed by atoms with Crippen molar-refractivity contribution < 1.29 is 22.7 Å². The molecule has 2 aromatic rings. The Hall–Kier alpha value is -2.87. The molecule has 2 rings (SSSR count). The number of hydrogen-bond acceptors (Lipinski definition) is 5. The normalized spacial score (nSPS) is 10.9. The number of carbonyl (C=O) groups excluding carboxylic acids is 2. The lowest BCUT2D eigenvalue weighted by Gasteiger charge is -2.19. The molecule has 0 radical (unpaired) electrons.